The average Bonchev–Trinajstić information content (AvgIpc) is 3.20. The summed E-state index contributed by atoms with van der Waals surface area (Å²) in [5.41, 5.74) is 1.67. The van der Waals surface area contributed by atoms with Gasteiger partial charge in [-0.2, -0.15) is 5.10 Å². The number of nitrogens with one attached hydrogen (secondary N) is 2. The van der Waals surface area contributed by atoms with Gasteiger partial charge in [-0.1, -0.05) is 5.16 Å². The Morgan fingerprint density at radius 1 is 1.42 bits per heavy atom. The smallest absolute Gasteiger partial charge is 0.303 e. The molecule has 2 heterocycles. The molecule has 3 rings (SSSR count). The molecule has 1 aliphatic carbocycles. The molecule has 0 spiro atoms. The van der Waals surface area contributed by atoms with E-state index in [-0.39, 0.29) is 30.6 Å². The van der Waals surface area contributed by atoms with Gasteiger partial charge in [-0.25, -0.2) is 0 Å². The van der Waals surface area contributed by atoms with Gasteiger partial charge in [0.15, 0.2) is 5.82 Å². The first-order valence-corrected chi connectivity index (χ1v) is 7.98. The Morgan fingerprint density at radius 3 is 2.96 bits per heavy atom. The van der Waals surface area contributed by atoms with Crippen molar-refractivity contribution < 1.29 is 19.2 Å². The highest BCUT2D eigenvalue weighted by Crippen LogP contribution is 2.39. The van der Waals surface area contributed by atoms with Gasteiger partial charge in [0, 0.05) is 30.2 Å². The largest absolute Gasteiger partial charge is 0.481 e. The number of carbonyl (C=O) groups is 2. The molecule has 1 fully saturated rings. The van der Waals surface area contributed by atoms with Crippen molar-refractivity contribution in [1.29, 1.82) is 0 Å². The summed E-state index contributed by atoms with van der Waals surface area (Å²) in [5.74, 6) is 0.481. The summed E-state index contributed by atoms with van der Waals surface area (Å²) in [5, 5.41) is 22.4. The molecule has 8 nitrogen and oxygen atoms in total. The summed E-state index contributed by atoms with van der Waals surface area (Å²) in [6, 6.07) is 3.54. The molecule has 1 aliphatic rings. The highest BCUT2D eigenvalue weighted by Gasteiger charge is 2.28. The predicted octanol–water partition coefficient (Wildman–Crippen LogP) is 2.25. The second-order valence-electron chi connectivity index (χ2n) is 6.34. The number of rotatable bonds is 6. The van der Waals surface area contributed by atoms with Crippen LogP contribution in [0.3, 0.4) is 0 Å². The van der Waals surface area contributed by atoms with Crippen molar-refractivity contribution in [3.63, 3.8) is 0 Å². The number of aromatic amines is 1. The number of carbonyl (C=O) groups excluding carboxylic acids is 1. The van der Waals surface area contributed by atoms with Crippen LogP contribution >= 0.6 is 0 Å². The molecule has 0 aromatic carbocycles. The third-order valence-electron chi connectivity index (χ3n) is 4.32. The quantitative estimate of drug-likeness (QED) is 0.746. The lowest BCUT2D eigenvalue weighted by molar-refractivity contribution is -0.138. The van der Waals surface area contributed by atoms with Gasteiger partial charge in [0.2, 0.25) is 5.91 Å². The van der Waals surface area contributed by atoms with Gasteiger partial charge in [-0.15, -0.1) is 0 Å². The second kappa shape index (κ2) is 6.86. The number of H-pyrrole nitrogens is 1. The molecule has 3 N–H and O–H groups in total. The van der Waals surface area contributed by atoms with Crippen molar-refractivity contribution in [3.8, 4) is 0 Å². The van der Waals surface area contributed by atoms with Gasteiger partial charge < -0.3 is 14.9 Å². The summed E-state index contributed by atoms with van der Waals surface area (Å²) >= 11 is 0. The molecule has 128 valence electrons. The minimum absolute atomic E-state index is 0.104. The van der Waals surface area contributed by atoms with Crippen LogP contribution in [-0.2, 0) is 16.0 Å². The van der Waals surface area contributed by atoms with E-state index in [0.717, 1.165) is 30.7 Å². The number of anilines is 1. The first-order valence-electron chi connectivity index (χ1n) is 7.98. The number of carboxylic acid groups (broad SMARTS) is 1. The van der Waals surface area contributed by atoms with E-state index in [1.807, 2.05) is 6.07 Å². The number of carboxylic acids is 1. The third kappa shape index (κ3) is 4.01. The van der Waals surface area contributed by atoms with Crippen LogP contribution in [0.25, 0.3) is 0 Å². The molecule has 0 aliphatic heterocycles. The first-order chi connectivity index (χ1) is 11.5. The monoisotopic (exact) mass is 332 g/mol. The minimum Gasteiger partial charge on any atom is -0.481 e. The van der Waals surface area contributed by atoms with Crippen LogP contribution in [0.2, 0.25) is 0 Å². The lowest BCUT2D eigenvalue weighted by Crippen LogP contribution is -2.14. The van der Waals surface area contributed by atoms with Crippen molar-refractivity contribution in [2.45, 2.75) is 44.9 Å². The molecule has 1 saturated carbocycles. The zero-order valence-electron chi connectivity index (χ0n) is 13.4. The van der Waals surface area contributed by atoms with Crippen LogP contribution in [0.1, 0.15) is 48.7 Å². The Morgan fingerprint density at radius 2 is 2.25 bits per heavy atom. The van der Waals surface area contributed by atoms with E-state index < -0.39 is 5.97 Å². The number of aryl methyl sites for hydroxylation is 1. The summed E-state index contributed by atoms with van der Waals surface area (Å²) in [7, 11) is 0. The van der Waals surface area contributed by atoms with Crippen LogP contribution in [-0.4, -0.2) is 32.3 Å². The van der Waals surface area contributed by atoms with Crippen LogP contribution in [0, 0.1) is 12.8 Å². The molecule has 0 unspecified atom stereocenters. The Balaban J connectivity index is 1.54. The maximum absolute atomic E-state index is 12.0. The van der Waals surface area contributed by atoms with Crippen LogP contribution in [0.4, 0.5) is 5.82 Å². The highest BCUT2D eigenvalue weighted by atomic mass is 16.5. The van der Waals surface area contributed by atoms with Gasteiger partial charge in [-0.05, 0) is 32.1 Å². The fourth-order valence-corrected chi connectivity index (χ4v) is 3.24. The predicted molar refractivity (Wildman–Crippen MR) is 84.5 cm³/mol. The molecule has 1 amide bonds. The van der Waals surface area contributed by atoms with Crippen LogP contribution in [0.15, 0.2) is 16.7 Å². The Hall–Kier alpha value is -2.64. The van der Waals surface area contributed by atoms with E-state index in [4.69, 9.17) is 9.63 Å². The molecule has 2 aromatic rings. The zero-order valence-corrected chi connectivity index (χ0v) is 13.4. The number of amides is 1. The normalized spacial score (nSPS) is 20.2. The fraction of sp³-hybridized carbons (Fsp3) is 0.500. The number of nitrogens with zero attached hydrogens (tertiary/aromatic N) is 2. The summed E-state index contributed by atoms with van der Waals surface area (Å²) < 4.78 is 5.02. The molecule has 8 heteroatoms. The SMILES string of the molecule is Cc1cc(CC(=O)Nc2cc([C@H]3CC[C@@H](CC(=O)O)C3)[nH]n2)on1. The van der Waals surface area contributed by atoms with Crippen molar-refractivity contribution in [3.05, 3.63) is 29.3 Å². The Kier molecular flexibility index (Phi) is 4.64. The van der Waals surface area contributed by atoms with Gasteiger partial charge in [0.25, 0.3) is 0 Å². The van der Waals surface area contributed by atoms with Crippen molar-refractivity contribution in [1.82, 2.24) is 15.4 Å². The lowest BCUT2D eigenvalue weighted by Gasteiger charge is -2.07. The van der Waals surface area contributed by atoms with E-state index in [1.165, 1.54) is 0 Å². The number of aliphatic carboxylic acids is 1. The Labute approximate surface area is 138 Å². The van der Waals surface area contributed by atoms with E-state index >= 15 is 0 Å². The molecule has 0 saturated heterocycles. The average molecular weight is 332 g/mol. The molecule has 24 heavy (non-hydrogen) atoms. The zero-order chi connectivity index (χ0) is 17.1. The highest BCUT2D eigenvalue weighted by molar-refractivity contribution is 5.91. The topological polar surface area (TPSA) is 121 Å². The molecule has 0 radical (unpaired) electrons. The summed E-state index contributed by atoms with van der Waals surface area (Å²) in [4.78, 5) is 22.8. The van der Waals surface area contributed by atoms with Gasteiger partial charge in [0.1, 0.15) is 5.76 Å². The van der Waals surface area contributed by atoms with Crippen molar-refractivity contribution in [2.75, 3.05) is 5.32 Å². The van der Waals surface area contributed by atoms with E-state index in [0.29, 0.717) is 11.6 Å². The molecular formula is C16H20N4O4. The molecular weight excluding hydrogens is 312 g/mol. The van der Waals surface area contributed by atoms with Gasteiger partial charge >= 0.3 is 5.97 Å². The number of aromatic nitrogens is 3. The standard InChI is InChI=1S/C16H20N4O4/c1-9-4-12(24-20-9)7-15(21)17-14-8-13(18-19-14)11-3-2-10(5-11)6-16(22)23/h4,8,10-11H,2-3,5-7H2,1H3,(H,22,23)(H2,17,18,19,21)/t10-,11+/m1/s1. The molecule has 2 aromatic heterocycles. The van der Waals surface area contributed by atoms with E-state index in [2.05, 4.69) is 20.7 Å². The summed E-state index contributed by atoms with van der Waals surface area (Å²) in [6.45, 7) is 1.80. The second-order valence-corrected chi connectivity index (χ2v) is 6.34. The maximum atomic E-state index is 12.0. The first kappa shape index (κ1) is 16.2. The van der Waals surface area contributed by atoms with Gasteiger partial charge in [-0.3, -0.25) is 14.7 Å². The Bertz CT molecular complexity index is 736. The van der Waals surface area contributed by atoms with Gasteiger partial charge in [0.05, 0.1) is 12.1 Å². The molecule has 2 atom stereocenters. The molecule has 0 bridgehead atoms. The fourth-order valence-electron chi connectivity index (χ4n) is 3.24. The lowest BCUT2D eigenvalue weighted by atomic mass is 10.00. The van der Waals surface area contributed by atoms with Crippen LogP contribution in [0.5, 0.6) is 0 Å². The minimum atomic E-state index is -0.749. The number of hydrogen-bond acceptors (Lipinski definition) is 5. The number of hydrogen-bond donors (Lipinski definition) is 3. The van der Waals surface area contributed by atoms with Crippen LogP contribution < -0.4 is 5.32 Å². The third-order valence-corrected chi connectivity index (χ3v) is 4.32. The maximum Gasteiger partial charge on any atom is 0.303 e. The summed E-state index contributed by atoms with van der Waals surface area (Å²) in [6.07, 6.45) is 2.99. The van der Waals surface area contributed by atoms with Crippen molar-refractivity contribution in [2.24, 2.45) is 5.92 Å². The van der Waals surface area contributed by atoms with Crippen molar-refractivity contribution >= 4 is 17.7 Å². The van der Waals surface area contributed by atoms with E-state index in [1.54, 1.807) is 13.0 Å². The van der Waals surface area contributed by atoms with E-state index in [9.17, 15) is 9.59 Å².